The van der Waals surface area contributed by atoms with Crippen LogP contribution in [0.15, 0.2) is 77.2 Å². The molecule has 0 aliphatic heterocycles. The molecule has 0 aliphatic carbocycles. The van der Waals surface area contributed by atoms with Gasteiger partial charge < -0.3 is 23.5 Å². The van der Waals surface area contributed by atoms with Gasteiger partial charge in [0, 0.05) is 25.2 Å². The third kappa shape index (κ3) is 4.70. The second kappa shape index (κ2) is 9.47. The van der Waals surface area contributed by atoms with Crippen molar-refractivity contribution < 1.29 is 23.4 Å². The number of carbonyl (C=O) groups is 1. The average molecular weight is 431 g/mol. The predicted molar refractivity (Wildman–Crippen MR) is 122 cm³/mol. The smallest absolute Gasteiger partial charge is 0.289 e. The summed E-state index contributed by atoms with van der Waals surface area (Å²) in [5, 5.41) is 2.26. The van der Waals surface area contributed by atoms with E-state index in [9.17, 15) is 4.79 Å². The quantitative estimate of drug-likeness (QED) is 0.379. The van der Waals surface area contributed by atoms with E-state index in [0.717, 1.165) is 22.1 Å². The van der Waals surface area contributed by atoms with Gasteiger partial charge in [-0.05, 0) is 47.2 Å². The molecule has 4 aromatic rings. The van der Waals surface area contributed by atoms with Gasteiger partial charge in [-0.3, -0.25) is 4.79 Å². The summed E-state index contributed by atoms with van der Waals surface area (Å²) >= 11 is 0. The van der Waals surface area contributed by atoms with E-state index in [0.29, 0.717) is 23.8 Å². The first-order valence-electron chi connectivity index (χ1n) is 10.2. The normalized spacial score (nSPS) is 10.7. The average Bonchev–Trinajstić information content (AvgIpc) is 3.31. The van der Waals surface area contributed by atoms with Crippen molar-refractivity contribution in [3.63, 3.8) is 0 Å². The molecule has 6 heteroatoms. The molecule has 6 nitrogen and oxygen atoms in total. The zero-order chi connectivity index (χ0) is 22.5. The predicted octanol–water partition coefficient (Wildman–Crippen LogP) is 5.30. The first-order valence-corrected chi connectivity index (χ1v) is 10.2. The third-order valence-corrected chi connectivity index (χ3v) is 5.22. The lowest BCUT2D eigenvalue weighted by atomic mass is 10.1. The highest BCUT2D eigenvalue weighted by atomic mass is 16.5. The van der Waals surface area contributed by atoms with Crippen LogP contribution in [0.1, 0.15) is 21.9 Å². The van der Waals surface area contributed by atoms with Crippen molar-refractivity contribution >= 4 is 16.7 Å². The molecule has 0 fully saturated rings. The first-order chi connectivity index (χ1) is 15.6. The number of hydrogen-bond acceptors (Lipinski definition) is 5. The van der Waals surface area contributed by atoms with Crippen LogP contribution in [0.3, 0.4) is 0 Å². The van der Waals surface area contributed by atoms with Crippen molar-refractivity contribution in [2.45, 2.75) is 13.2 Å². The van der Waals surface area contributed by atoms with Crippen molar-refractivity contribution in [3.05, 3.63) is 89.9 Å². The SMILES string of the molecule is COc1ccc(CN(C)C(=O)c2ccc(COc3ccc4ccccc4c3)o2)c(OC)c1. The Bertz CT molecular complexity index is 1230. The lowest BCUT2D eigenvalue weighted by Gasteiger charge is -2.18. The minimum absolute atomic E-state index is 0.222. The summed E-state index contributed by atoms with van der Waals surface area (Å²) in [7, 11) is 4.91. The summed E-state index contributed by atoms with van der Waals surface area (Å²) in [6, 6.07) is 23.0. The lowest BCUT2D eigenvalue weighted by Crippen LogP contribution is -2.26. The number of rotatable bonds is 8. The van der Waals surface area contributed by atoms with Crippen LogP contribution >= 0.6 is 0 Å². The molecule has 0 saturated carbocycles. The van der Waals surface area contributed by atoms with Gasteiger partial charge in [-0.2, -0.15) is 0 Å². The van der Waals surface area contributed by atoms with E-state index in [-0.39, 0.29) is 18.3 Å². The maximum atomic E-state index is 12.8. The highest BCUT2D eigenvalue weighted by Crippen LogP contribution is 2.26. The highest BCUT2D eigenvalue weighted by Gasteiger charge is 2.18. The number of methoxy groups -OCH3 is 2. The molecule has 1 aromatic heterocycles. The number of nitrogens with zero attached hydrogens (tertiary/aromatic N) is 1. The van der Waals surface area contributed by atoms with E-state index in [1.54, 1.807) is 44.4 Å². The third-order valence-electron chi connectivity index (χ3n) is 5.22. The van der Waals surface area contributed by atoms with E-state index < -0.39 is 0 Å². The van der Waals surface area contributed by atoms with Gasteiger partial charge >= 0.3 is 0 Å². The molecule has 0 aliphatic rings. The van der Waals surface area contributed by atoms with Gasteiger partial charge in [-0.1, -0.05) is 30.3 Å². The van der Waals surface area contributed by atoms with Gasteiger partial charge in [0.05, 0.1) is 14.2 Å². The molecule has 0 bridgehead atoms. The lowest BCUT2D eigenvalue weighted by molar-refractivity contribution is 0.0748. The van der Waals surface area contributed by atoms with Crippen LogP contribution in [0.4, 0.5) is 0 Å². The Morgan fingerprint density at radius 2 is 1.66 bits per heavy atom. The molecule has 0 saturated heterocycles. The minimum Gasteiger partial charge on any atom is -0.497 e. The molecular formula is C26H25NO5. The summed E-state index contributed by atoms with van der Waals surface area (Å²) in [6.45, 7) is 0.608. The monoisotopic (exact) mass is 431 g/mol. The van der Waals surface area contributed by atoms with Gasteiger partial charge in [0.2, 0.25) is 0 Å². The molecule has 0 spiro atoms. The first kappa shape index (κ1) is 21.3. The number of benzene rings is 3. The van der Waals surface area contributed by atoms with Crippen LogP contribution in [0, 0.1) is 0 Å². The molecule has 32 heavy (non-hydrogen) atoms. The summed E-state index contributed by atoms with van der Waals surface area (Å²) in [5.41, 5.74) is 0.871. The fourth-order valence-corrected chi connectivity index (χ4v) is 3.48. The van der Waals surface area contributed by atoms with Crippen LogP contribution in [0.5, 0.6) is 17.2 Å². The van der Waals surface area contributed by atoms with Gasteiger partial charge in [0.25, 0.3) is 5.91 Å². The van der Waals surface area contributed by atoms with Gasteiger partial charge in [0.1, 0.15) is 29.6 Å². The van der Waals surface area contributed by atoms with E-state index in [1.807, 2.05) is 48.5 Å². The number of amides is 1. The molecule has 0 atom stereocenters. The van der Waals surface area contributed by atoms with Crippen molar-refractivity contribution in [2.24, 2.45) is 0 Å². The molecule has 1 amide bonds. The van der Waals surface area contributed by atoms with E-state index in [1.165, 1.54) is 0 Å². The number of hydrogen-bond donors (Lipinski definition) is 0. The zero-order valence-corrected chi connectivity index (χ0v) is 18.3. The van der Waals surface area contributed by atoms with Crippen LogP contribution in [0.2, 0.25) is 0 Å². The molecule has 3 aromatic carbocycles. The summed E-state index contributed by atoms with van der Waals surface area (Å²) < 4.78 is 22.2. The van der Waals surface area contributed by atoms with Gasteiger partial charge in [-0.15, -0.1) is 0 Å². The van der Waals surface area contributed by atoms with E-state index in [4.69, 9.17) is 18.6 Å². The highest BCUT2D eigenvalue weighted by molar-refractivity contribution is 5.91. The Morgan fingerprint density at radius 3 is 2.44 bits per heavy atom. The Labute approximate surface area is 186 Å². The molecule has 1 heterocycles. The van der Waals surface area contributed by atoms with Gasteiger partial charge in [-0.25, -0.2) is 0 Å². The van der Waals surface area contributed by atoms with Gasteiger partial charge in [0.15, 0.2) is 5.76 Å². The maximum Gasteiger partial charge on any atom is 0.289 e. The molecule has 0 N–H and O–H groups in total. The number of carbonyl (C=O) groups excluding carboxylic acids is 1. The van der Waals surface area contributed by atoms with Crippen LogP contribution in [-0.2, 0) is 13.2 Å². The largest absolute Gasteiger partial charge is 0.497 e. The van der Waals surface area contributed by atoms with Crippen LogP contribution in [-0.4, -0.2) is 32.1 Å². The molecular weight excluding hydrogens is 406 g/mol. The van der Waals surface area contributed by atoms with E-state index in [2.05, 4.69) is 6.07 Å². The Morgan fingerprint density at radius 1 is 0.875 bits per heavy atom. The molecule has 4 rings (SSSR count). The Hall–Kier alpha value is -3.93. The fourth-order valence-electron chi connectivity index (χ4n) is 3.48. The fraction of sp³-hybridized carbons (Fsp3) is 0.192. The summed E-state index contributed by atoms with van der Waals surface area (Å²) in [4.78, 5) is 14.4. The Kier molecular flexibility index (Phi) is 6.31. The van der Waals surface area contributed by atoms with Crippen molar-refractivity contribution in [1.82, 2.24) is 4.90 Å². The number of fused-ring (bicyclic) bond motifs is 1. The zero-order valence-electron chi connectivity index (χ0n) is 18.3. The number of ether oxygens (including phenoxy) is 3. The van der Waals surface area contributed by atoms with Crippen molar-refractivity contribution in [1.29, 1.82) is 0 Å². The topological polar surface area (TPSA) is 61.1 Å². The number of furan rings is 1. The molecule has 164 valence electrons. The van der Waals surface area contributed by atoms with E-state index >= 15 is 0 Å². The maximum absolute atomic E-state index is 12.8. The standard InChI is InChI=1S/C26H25NO5/c1-27(16-20-9-10-21(29-2)15-25(20)30-3)26(28)24-13-12-23(32-24)17-31-22-11-8-18-6-4-5-7-19(18)14-22/h4-15H,16-17H2,1-3H3. The minimum atomic E-state index is -0.222. The second-order valence-corrected chi connectivity index (χ2v) is 7.40. The van der Waals surface area contributed by atoms with Crippen molar-refractivity contribution in [3.8, 4) is 17.2 Å². The van der Waals surface area contributed by atoms with Crippen molar-refractivity contribution in [2.75, 3.05) is 21.3 Å². The Balaban J connectivity index is 1.39. The molecule has 0 radical (unpaired) electrons. The van der Waals surface area contributed by atoms with Crippen LogP contribution in [0.25, 0.3) is 10.8 Å². The summed E-state index contributed by atoms with van der Waals surface area (Å²) in [6.07, 6.45) is 0. The van der Waals surface area contributed by atoms with Crippen LogP contribution < -0.4 is 14.2 Å². The summed E-state index contributed by atoms with van der Waals surface area (Å²) in [5.74, 6) is 2.72. The molecule has 0 unspecified atom stereocenters. The second-order valence-electron chi connectivity index (χ2n) is 7.40.